The van der Waals surface area contributed by atoms with Gasteiger partial charge in [-0.3, -0.25) is 0 Å². The minimum absolute atomic E-state index is 0.808. The fourth-order valence-corrected chi connectivity index (χ4v) is 4.15. The van der Waals surface area contributed by atoms with E-state index in [1.807, 2.05) is 11.8 Å². The van der Waals surface area contributed by atoms with Crippen LogP contribution in [-0.4, -0.2) is 35.3 Å². The van der Waals surface area contributed by atoms with E-state index in [-0.39, 0.29) is 0 Å². The highest BCUT2D eigenvalue weighted by atomic mass is 32.2. The third-order valence-electron chi connectivity index (χ3n) is 3.20. The number of thioether (sulfide) groups is 1. The molecule has 1 aliphatic heterocycles. The highest BCUT2D eigenvalue weighted by Gasteiger charge is 2.18. The molecule has 16 heavy (non-hydrogen) atoms. The summed E-state index contributed by atoms with van der Waals surface area (Å²) in [7, 11) is 2.27. The molecule has 0 aliphatic carbocycles. The van der Waals surface area contributed by atoms with Gasteiger partial charge in [-0.15, -0.1) is 11.3 Å². The normalized spacial score (nSPS) is 22.5. The summed E-state index contributed by atoms with van der Waals surface area (Å²) in [6.45, 7) is 3.35. The number of hydrogen-bond acceptors (Lipinski definition) is 4. The predicted molar refractivity (Wildman–Crippen MR) is 72.5 cm³/mol. The van der Waals surface area contributed by atoms with Crippen LogP contribution in [0.3, 0.4) is 0 Å². The van der Waals surface area contributed by atoms with Gasteiger partial charge >= 0.3 is 0 Å². The van der Waals surface area contributed by atoms with E-state index < -0.39 is 0 Å². The predicted octanol–water partition coefficient (Wildman–Crippen LogP) is 3.42. The summed E-state index contributed by atoms with van der Waals surface area (Å²) in [6, 6.07) is 0.808. The van der Waals surface area contributed by atoms with Crippen LogP contribution < -0.4 is 0 Å². The van der Waals surface area contributed by atoms with E-state index in [1.54, 1.807) is 11.3 Å². The van der Waals surface area contributed by atoms with Crippen molar-refractivity contribution < 1.29 is 0 Å². The number of thiazole rings is 1. The molecule has 1 aromatic rings. The monoisotopic (exact) mass is 256 g/mol. The maximum atomic E-state index is 4.48. The van der Waals surface area contributed by atoms with E-state index in [1.165, 1.54) is 42.3 Å². The molecule has 0 bridgehead atoms. The molecule has 1 fully saturated rings. The lowest BCUT2D eigenvalue weighted by Crippen LogP contribution is -2.36. The molecule has 1 aliphatic rings. The molecule has 2 heterocycles. The average Bonchev–Trinajstić information content (AvgIpc) is 2.67. The minimum atomic E-state index is 0.808. The second kappa shape index (κ2) is 6.03. The van der Waals surface area contributed by atoms with Crippen molar-refractivity contribution >= 4 is 23.1 Å². The van der Waals surface area contributed by atoms with Crippen LogP contribution in [0.5, 0.6) is 0 Å². The third kappa shape index (κ3) is 3.47. The highest BCUT2D eigenvalue weighted by molar-refractivity contribution is 8.01. The van der Waals surface area contributed by atoms with Crippen molar-refractivity contribution in [2.75, 3.05) is 19.3 Å². The molecular weight excluding hydrogens is 236 g/mol. The molecule has 2 rings (SSSR count). The lowest BCUT2D eigenvalue weighted by molar-refractivity contribution is 0.182. The summed E-state index contributed by atoms with van der Waals surface area (Å²) in [5.74, 6) is 1.21. The topological polar surface area (TPSA) is 16.1 Å². The highest BCUT2D eigenvalue weighted by Crippen LogP contribution is 2.25. The van der Waals surface area contributed by atoms with Crippen molar-refractivity contribution in [3.63, 3.8) is 0 Å². The lowest BCUT2D eigenvalue weighted by atomic mass is 10.0. The van der Waals surface area contributed by atoms with Gasteiger partial charge in [0.05, 0.1) is 0 Å². The number of aromatic nitrogens is 1. The number of piperidine rings is 1. The van der Waals surface area contributed by atoms with Crippen LogP contribution in [-0.2, 0) is 0 Å². The molecule has 4 heteroatoms. The smallest absolute Gasteiger partial charge is 0.150 e. The first-order valence-corrected chi connectivity index (χ1v) is 7.87. The second-order valence-corrected chi connectivity index (χ2v) is 6.72. The zero-order valence-electron chi connectivity index (χ0n) is 10.1. The molecule has 90 valence electrons. The van der Waals surface area contributed by atoms with E-state index in [4.69, 9.17) is 0 Å². The summed E-state index contributed by atoms with van der Waals surface area (Å²) in [4.78, 5) is 7.01. The lowest BCUT2D eigenvalue weighted by Gasteiger charge is -2.32. The molecule has 0 unspecified atom stereocenters. The first kappa shape index (κ1) is 12.4. The molecule has 0 aromatic carbocycles. The number of likely N-dealkylation sites (tertiary alicyclic amines) is 1. The van der Waals surface area contributed by atoms with E-state index in [9.17, 15) is 0 Å². The Morgan fingerprint density at radius 1 is 1.56 bits per heavy atom. The minimum Gasteiger partial charge on any atom is -0.303 e. The van der Waals surface area contributed by atoms with E-state index >= 15 is 0 Å². The van der Waals surface area contributed by atoms with Crippen molar-refractivity contribution in [3.05, 3.63) is 11.1 Å². The fraction of sp³-hybridized carbons (Fsp3) is 0.750. The van der Waals surface area contributed by atoms with Crippen LogP contribution in [0.4, 0.5) is 0 Å². The Bertz CT molecular complexity index is 325. The van der Waals surface area contributed by atoms with Gasteiger partial charge in [0.15, 0.2) is 0 Å². The summed E-state index contributed by atoms with van der Waals surface area (Å²) < 4.78 is 1.23. The van der Waals surface area contributed by atoms with Gasteiger partial charge in [0, 0.05) is 22.9 Å². The van der Waals surface area contributed by atoms with E-state index in [2.05, 4.69) is 29.2 Å². The van der Waals surface area contributed by atoms with Crippen LogP contribution in [0.25, 0.3) is 0 Å². The van der Waals surface area contributed by atoms with Gasteiger partial charge in [0.25, 0.3) is 0 Å². The van der Waals surface area contributed by atoms with E-state index in [0.717, 1.165) is 11.7 Å². The van der Waals surface area contributed by atoms with Crippen molar-refractivity contribution in [1.29, 1.82) is 0 Å². The van der Waals surface area contributed by atoms with Gasteiger partial charge in [0.2, 0.25) is 0 Å². The Balaban J connectivity index is 1.71. The zero-order valence-corrected chi connectivity index (χ0v) is 11.7. The quantitative estimate of drug-likeness (QED) is 0.768. The van der Waals surface area contributed by atoms with Gasteiger partial charge in [-0.2, -0.15) is 0 Å². The average molecular weight is 256 g/mol. The first-order chi connectivity index (χ1) is 7.75. The van der Waals surface area contributed by atoms with Gasteiger partial charge in [-0.1, -0.05) is 18.2 Å². The molecule has 0 radical (unpaired) electrons. The summed E-state index contributed by atoms with van der Waals surface area (Å²) in [5.41, 5.74) is 1.15. The largest absolute Gasteiger partial charge is 0.303 e. The van der Waals surface area contributed by atoms with Crippen molar-refractivity contribution in [3.8, 4) is 0 Å². The van der Waals surface area contributed by atoms with Crippen molar-refractivity contribution in [2.45, 2.75) is 43.0 Å². The Hall–Kier alpha value is -0.0600. The Morgan fingerprint density at radius 2 is 2.44 bits per heavy atom. The maximum Gasteiger partial charge on any atom is 0.150 e. The summed E-state index contributed by atoms with van der Waals surface area (Å²) in [6.07, 6.45) is 5.48. The molecule has 1 atom stereocenters. The third-order valence-corrected chi connectivity index (χ3v) is 5.37. The molecular formula is C12H20N2S2. The van der Waals surface area contributed by atoms with Crippen molar-refractivity contribution in [1.82, 2.24) is 9.88 Å². The van der Waals surface area contributed by atoms with Gasteiger partial charge < -0.3 is 4.90 Å². The molecule has 0 spiro atoms. The molecule has 2 nitrogen and oxygen atoms in total. The standard InChI is InChI=1S/C12H20N2S2/c1-10-9-16-12(13-10)15-8-6-11-5-3-4-7-14(11)2/h9,11H,3-8H2,1-2H3/t11-/m0/s1. The van der Waals surface area contributed by atoms with Crippen molar-refractivity contribution in [2.24, 2.45) is 0 Å². The number of aryl methyl sites for hydroxylation is 1. The Morgan fingerprint density at radius 3 is 3.12 bits per heavy atom. The SMILES string of the molecule is Cc1csc(SCC[C@@H]2CCCCN2C)n1. The summed E-state index contributed by atoms with van der Waals surface area (Å²) >= 11 is 3.69. The Kier molecular flexibility index (Phi) is 4.67. The van der Waals surface area contributed by atoms with Gasteiger partial charge in [-0.05, 0) is 39.8 Å². The Labute approximate surface area is 106 Å². The summed E-state index contributed by atoms with van der Waals surface area (Å²) in [5, 5.41) is 2.13. The molecule has 1 aromatic heterocycles. The molecule has 1 saturated heterocycles. The van der Waals surface area contributed by atoms with Crippen LogP contribution in [0.2, 0.25) is 0 Å². The number of nitrogens with zero attached hydrogens (tertiary/aromatic N) is 2. The van der Waals surface area contributed by atoms with E-state index in [0.29, 0.717) is 0 Å². The zero-order chi connectivity index (χ0) is 11.4. The van der Waals surface area contributed by atoms with Crippen LogP contribution in [0.1, 0.15) is 31.4 Å². The second-order valence-electron chi connectivity index (χ2n) is 4.52. The van der Waals surface area contributed by atoms with Crippen LogP contribution in [0, 0.1) is 6.92 Å². The van der Waals surface area contributed by atoms with Gasteiger partial charge in [0.1, 0.15) is 4.34 Å². The fourth-order valence-electron chi connectivity index (χ4n) is 2.19. The first-order valence-electron chi connectivity index (χ1n) is 6.01. The molecule has 0 saturated carbocycles. The number of hydrogen-bond donors (Lipinski definition) is 0. The molecule has 0 amide bonds. The maximum absolute atomic E-state index is 4.48. The van der Waals surface area contributed by atoms with Crippen LogP contribution >= 0.6 is 23.1 Å². The molecule has 0 N–H and O–H groups in total. The van der Waals surface area contributed by atoms with Crippen LogP contribution in [0.15, 0.2) is 9.72 Å². The number of rotatable bonds is 4. The van der Waals surface area contributed by atoms with Gasteiger partial charge in [-0.25, -0.2) is 4.98 Å².